The van der Waals surface area contributed by atoms with E-state index in [-0.39, 0.29) is 0 Å². The van der Waals surface area contributed by atoms with Crippen LogP contribution >= 0.6 is 27.5 Å². The van der Waals surface area contributed by atoms with Crippen molar-refractivity contribution in [2.24, 2.45) is 4.99 Å². The molecule has 0 aliphatic heterocycles. The molecule has 4 heteroatoms. The molecule has 0 heterocycles. The Morgan fingerprint density at radius 2 is 2.25 bits per heavy atom. The van der Waals surface area contributed by atoms with Crippen LogP contribution in [0.5, 0.6) is 0 Å². The first-order valence-corrected chi connectivity index (χ1v) is 4.49. The van der Waals surface area contributed by atoms with Gasteiger partial charge in [-0.2, -0.15) is 0 Å². The van der Waals surface area contributed by atoms with Gasteiger partial charge >= 0.3 is 0 Å². The van der Waals surface area contributed by atoms with Crippen molar-refractivity contribution in [1.29, 1.82) is 0 Å². The van der Waals surface area contributed by atoms with Crippen LogP contribution in [0.25, 0.3) is 0 Å². The maximum Gasteiger partial charge on any atom is 0.0653 e. The molecule has 0 radical (unpaired) electrons. The average molecular weight is 248 g/mol. The van der Waals surface area contributed by atoms with Crippen LogP contribution in [-0.4, -0.2) is 13.3 Å². The summed E-state index contributed by atoms with van der Waals surface area (Å²) in [4.78, 5) is 3.87. The van der Waals surface area contributed by atoms with E-state index >= 15 is 0 Å². The summed E-state index contributed by atoms with van der Waals surface area (Å²) in [5, 5.41) is 0.541. The van der Waals surface area contributed by atoms with E-state index in [1.54, 1.807) is 19.3 Å². The fourth-order valence-corrected chi connectivity index (χ4v) is 1.65. The number of hydrogen-bond acceptors (Lipinski definition) is 2. The molecule has 0 saturated carbocycles. The highest BCUT2D eigenvalue weighted by atomic mass is 79.9. The predicted octanol–water partition coefficient (Wildman–Crippen LogP) is 2.73. The zero-order valence-corrected chi connectivity index (χ0v) is 8.85. The Hall–Kier alpha value is -0.540. The van der Waals surface area contributed by atoms with Gasteiger partial charge in [0.1, 0.15) is 0 Å². The average Bonchev–Trinajstić information content (AvgIpc) is 2.01. The van der Waals surface area contributed by atoms with Crippen molar-refractivity contribution >= 4 is 39.4 Å². The molecule has 0 aliphatic rings. The van der Waals surface area contributed by atoms with Gasteiger partial charge in [-0.1, -0.05) is 11.6 Å². The topological polar surface area (TPSA) is 38.4 Å². The summed E-state index contributed by atoms with van der Waals surface area (Å²) in [7, 11) is 1.71. The summed E-state index contributed by atoms with van der Waals surface area (Å²) < 4.78 is 0.796. The minimum atomic E-state index is 0.541. The van der Waals surface area contributed by atoms with Crippen molar-refractivity contribution in [2.45, 2.75) is 0 Å². The smallest absolute Gasteiger partial charge is 0.0653 e. The van der Waals surface area contributed by atoms with Gasteiger partial charge in [-0.15, -0.1) is 0 Å². The van der Waals surface area contributed by atoms with Gasteiger partial charge in [-0.05, 0) is 33.6 Å². The maximum atomic E-state index is 5.84. The normalized spacial score (nSPS) is 10.9. The lowest BCUT2D eigenvalue weighted by Crippen LogP contribution is -1.90. The number of nitrogens with two attached hydrogens (primary N) is 1. The first-order chi connectivity index (χ1) is 5.65. The highest BCUT2D eigenvalue weighted by molar-refractivity contribution is 9.10. The summed E-state index contributed by atoms with van der Waals surface area (Å²) in [6.45, 7) is 0. The number of nitrogen functional groups attached to an aromatic ring is 1. The maximum absolute atomic E-state index is 5.84. The zero-order valence-electron chi connectivity index (χ0n) is 6.51. The number of hydrogen-bond donors (Lipinski definition) is 1. The van der Waals surface area contributed by atoms with Gasteiger partial charge in [-0.3, -0.25) is 4.99 Å². The third kappa shape index (κ3) is 1.99. The van der Waals surface area contributed by atoms with Crippen molar-refractivity contribution in [1.82, 2.24) is 0 Å². The first kappa shape index (κ1) is 9.55. The van der Waals surface area contributed by atoms with Gasteiger partial charge in [-0.25, -0.2) is 0 Å². The largest absolute Gasteiger partial charge is 0.397 e. The van der Waals surface area contributed by atoms with E-state index in [0.29, 0.717) is 10.7 Å². The minimum Gasteiger partial charge on any atom is -0.397 e. The fourth-order valence-electron chi connectivity index (χ4n) is 0.828. The van der Waals surface area contributed by atoms with Crippen LogP contribution in [0.1, 0.15) is 5.56 Å². The van der Waals surface area contributed by atoms with Gasteiger partial charge in [0.25, 0.3) is 0 Å². The van der Waals surface area contributed by atoms with Gasteiger partial charge in [0.05, 0.1) is 10.7 Å². The van der Waals surface area contributed by atoms with E-state index in [9.17, 15) is 0 Å². The number of aliphatic imine (C=N–C) groups is 1. The second-order valence-corrected chi connectivity index (χ2v) is 3.55. The summed E-state index contributed by atoms with van der Waals surface area (Å²) in [5.74, 6) is 0. The SMILES string of the molecule is CN=Cc1cc(Cl)c(N)c(Br)c1. The van der Waals surface area contributed by atoms with Crippen molar-refractivity contribution in [3.63, 3.8) is 0 Å². The second-order valence-electron chi connectivity index (χ2n) is 2.29. The lowest BCUT2D eigenvalue weighted by molar-refractivity contribution is 1.46. The van der Waals surface area contributed by atoms with E-state index < -0.39 is 0 Å². The molecule has 0 bridgehead atoms. The lowest BCUT2D eigenvalue weighted by atomic mass is 10.2. The van der Waals surface area contributed by atoms with Crippen LogP contribution in [0.15, 0.2) is 21.6 Å². The molecule has 0 saturated heterocycles. The third-order valence-electron chi connectivity index (χ3n) is 1.38. The molecular weight excluding hydrogens is 239 g/mol. The number of halogens is 2. The molecule has 0 spiro atoms. The van der Waals surface area contributed by atoms with Crippen LogP contribution in [0.3, 0.4) is 0 Å². The van der Waals surface area contributed by atoms with Crippen molar-refractivity contribution in [2.75, 3.05) is 12.8 Å². The fraction of sp³-hybridized carbons (Fsp3) is 0.125. The van der Waals surface area contributed by atoms with Crippen LogP contribution in [-0.2, 0) is 0 Å². The van der Waals surface area contributed by atoms with Gasteiger partial charge in [0.2, 0.25) is 0 Å². The van der Waals surface area contributed by atoms with Crippen LogP contribution in [0.4, 0.5) is 5.69 Å². The Morgan fingerprint density at radius 3 is 2.75 bits per heavy atom. The van der Waals surface area contributed by atoms with E-state index in [1.165, 1.54) is 0 Å². The molecule has 0 unspecified atom stereocenters. The molecule has 1 aromatic rings. The van der Waals surface area contributed by atoms with E-state index in [4.69, 9.17) is 17.3 Å². The standard InChI is InChI=1S/C8H8BrClN2/c1-12-4-5-2-6(9)8(11)7(10)3-5/h2-4H,11H2,1H3. The van der Waals surface area contributed by atoms with E-state index in [0.717, 1.165) is 10.0 Å². The number of rotatable bonds is 1. The quantitative estimate of drug-likeness (QED) is 0.601. The Balaban J connectivity index is 3.21. The molecule has 2 nitrogen and oxygen atoms in total. The number of benzene rings is 1. The number of nitrogens with zero attached hydrogens (tertiary/aromatic N) is 1. The first-order valence-electron chi connectivity index (χ1n) is 3.32. The van der Waals surface area contributed by atoms with Crippen LogP contribution < -0.4 is 5.73 Å². The number of anilines is 1. The summed E-state index contributed by atoms with van der Waals surface area (Å²) in [6, 6.07) is 3.64. The highest BCUT2D eigenvalue weighted by Crippen LogP contribution is 2.28. The molecular formula is C8H8BrClN2. The van der Waals surface area contributed by atoms with Gasteiger partial charge in [0.15, 0.2) is 0 Å². The van der Waals surface area contributed by atoms with Crippen molar-refractivity contribution in [3.05, 3.63) is 27.2 Å². The molecule has 1 rings (SSSR count). The van der Waals surface area contributed by atoms with Crippen molar-refractivity contribution < 1.29 is 0 Å². The molecule has 0 amide bonds. The van der Waals surface area contributed by atoms with Crippen LogP contribution in [0.2, 0.25) is 5.02 Å². The van der Waals surface area contributed by atoms with E-state index in [1.807, 2.05) is 6.07 Å². The molecule has 0 atom stereocenters. The lowest BCUT2D eigenvalue weighted by Gasteiger charge is -2.02. The Morgan fingerprint density at radius 1 is 1.58 bits per heavy atom. The monoisotopic (exact) mass is 246 g/mol. The van der Waals surface area contributed by atoms with Crippen LogP contribution in [0, 0.1) is 0 Å². The molecule has 0 fully saturated rings. The zero-order chi connectivity index (χ0) is 9.14. The molecule has 0 aromatic heterocycles. The minimum absolute atomic E-state index is 0.541. The van der Waals surface area contributed by atoms with E-state index in [2.05, 4.69) is 20.9 Å². The third-order valence-corrected chi connectivity index (χ3v) is 2.35. The summed E-state index contributed by atoms with van der Waals surface area (Å²) in [5.41, 5.74) is 7.12. The Bertz CT molecular complexity index is 300. The van der Waals surface area contributed by atoms with Gasteiger partial charge in [0, 0.05) is 17.7 Å². The predicted molar refractivity (Wildman–Crippen MR) is 57.1 cm³/mol. The highest BCUT2D eigenvalue weighted by Gasteiger charge is 2.02. The Labute approximate surface area is 84.6 Å². The second kappa shape index (κ2) is 3.92. The summed E-state index contributed by atoms with van der Waals surface area (Å²) in [6.07, 6.45) is 1.72. The van der Waals surface area contributed by atoms with Gasteiger partial charge < -0.3 is 5.73 Å². The van der Waals surface area contributed by atoms with Crippen molar-refractivity contribution in [3.8, 4) is 0 Å². The molecule has 2 N–H and O–H groups in total. The molecule has 64 valence electrons. The molecule has 0 aliphatic carbocycles. The summed E-state index contributed by atoms with van der Waals surface area (Å²) >= 11 is 9.13. The Kier molecular flexibility index (Phi) is 3.12. The molecule has 1 aromatic carbocycles. The molecule has 12 heavy (non-hydrogen) atoms.